The first-order valence-electron chi connectivity index (χ1n) is 7.23. The monoisotopic (exact) mass is 288 g/mol. The van der Waals surface area contributed by atoms with Crippen LogP contribution < -0.4 is 0 Å². The Morgan fingerprint density at radius 1 is 0.636 bits per heavy atom. The summed E-state index contributed by atoms with van der Waals surface area (Å²) >= 11 is 0. The van der Waals surface area contributed by atoms with E-state index in [1.165, 1.54) is 13.8 Å². The Balaban J connectivity index is 2.20. The molecule has 0 unspecified atom stereocenters. The normalized spacial score (nSPS) is 13.1. The van der Waals surface area contributed by atoms with Crippen molar-refractivity contribution in [3.63, 3.8) is 0 Å². The second-order valence-corrected chi connectivity index (χ2v) is 5.34. The molecule has 0 radical (unpaired) electrons. The second-order valence-electron chi connectivity index (χ2n) is 5.34. The maximum Gasteiger partial charge on any atom is 0.164 e. The van der Waals surface area contributed by atoms with E-state index in [2.05, 4.69) is 0 Å². The van der Waals surface area contributed by atoms with Crippen LogP contribution in [0.5, 0.6) is 0 Å². The third-order valence-electron chi connectivity index (χ3n) is 3.77. The minimum atomic E-state index is -0.179. The minimum absolute atomic E-state index is 0.179. The lowest BCUT2D eigenvalue weighted by Crippen LogP contribution is -2.07. The fourth-order valence-corrected chi connectivity index (χ4v) is 2.82. The van der Waals surface area contributed by atoms with Crippen molar-refractivity contribution in [2.45, 2.75) is 13.8 Å². The molecule has 0 aliphatic heterocycles. The number of hydrogen-bond acceptors (Lipinski definition) is 2. The van der Waals surface area contributed by atoms with Crippen LogP contribution in [-0.4, -0.2) is 11.6 Å². The number of benzene rings is 2. The topological polar surface area (TPSA) is 34.1 Å². The Bertz CT molecular complexity index is 742. The molecule has 2 aromatic rings. The van der Waals surface area contributed by atoms with Gasteiger partial charge in [-0.15, -0.1) is 0 Å². The summed E-state index contributed by atoms with van der Waals surface area (Å²) in [4.78, 5) is 23.8. The molecule has 0 saturated heterocycles. The number of hydrogen-bond donors (Lipinski definition) is 0. The highest BCUT2D eigenvalue weighted by Crippen LogP contribution is 2.54. The standard InChI is InChI=1S/C20H16O2/c1-13(21)17(14(2)22)20-18(15-9-5-3-6-10-15)19(20)16-11-7-4-8-12-16/h3-12H,1-2H3. The van der Waals surface area contributed by atoms with Crippen LogP contribution in [-0.2, 0) is 9.59 Å². The first-order valence-corrected chi connectivity index (χ1v) is 7.23. The van der Waals surface area contributed by atoms with Gasteiger partial charge in [-0.1, -0.05) is 60.7 Å². The van der Waals surface area contributed by atoms with E-state index in [9.17, 15) is 9.59 Å². The van der Waals surface area contributed by atoms with Crippen molar-refractivity contribution in [2.24, 2.45) is 0 Å². The lowest BCUT2D eigenvalue weighted by molar-refractivity contribution is -0.119. The van der Waals surface area contributed by atoms with E-state index in [0.717, 1.165) is 27.8 Å². The second kappa shape index (κ2) is 5.57. The van der Waals surface area contributed by atoms with Gasteiger partial charge in [0.2, 0.25) is 0 Å². The Kier molecular flexibility index (Phi) is 3.60. The predicted octanol–water partition coefficient (Wildman–Crippen LogP) is 4.09. The molecule has 0 bridgehead atoms. The summed E-state index contributed by atoms with van der Waals surface area (Å²) < 4.78 is 0. The van der Waals surface area contributed by atoms with Crippen LogP contribution >= 0.6 is 0 Å². The van der Waals surface area contributed by atoms with Gasteiger partial charge >= 0.3 is 0 Å². The smallest absolute Gasteiger partial charge is 0.164 e. The van der Waals surface area contributed by atoms with Crippen molar-refractivity contribution < 1.29 is 9.59 Å². The van der Waals surface area contributed by atoms with Gasteiger partial charge in [-0.05, 0) is 36.1 Å². The highest BCUT2D eigenvalue weighted by atomic mass is 16.1. The first kappa shape index (κ1) is 14.2. The van der Waals surface area contributed by atoms with Gasteiger partial charge in [0.1, 0.15) is 0 Å². The average molecular weight is 288 g/mol. The predicted molar refractivity (Wildman–Crippen MR) is 88.1 cm³/mol. The highest BCUT2D eigenvalue weighted by molar-refractivity contribution is 6.35. The molecule has 0 heterocycles. The Morgan fingerprint density at radius 3 is 1.32 bits per heavy atom. The van der Waals surface area contributed by atoms with E-state index >= 15 is 0 Å². The zero-order chi connectivity index (χ0) is 15.7. The van der Waals surface area contributed by atoms with E-state index in [0.29, 0.717) is 5.57 Å². The van der Waals surface area contributed by atoms with Crippen LogP contribution in [0.4, 0.5) is 0 Å². The van der Waals surface area contributed by atoms with Gasteiger partial charge < -0.3 is 0 Å². The molecular weight excluding hydrogens is 272 g/mol. The van der Waals surface area contributed by atoms with E-state index in [-0.39, 0.29) is 11.6 Å². The number of rotatable bonds is 4. The summed E-state index contributed by atoms with van der Waals surface area (Å²) in [7, 11) is 0. The van der Waals surface area contributed by atoms with Crippen molar-refractivity contribution in [1.29, 1.82) is 0 Å². The van der Waals surface area contributed by atoms with Crippen LogP contribution in [0.25, 0.3) is 11.1 Å². The van der Waals surface area contributed by atoms with Gasteiger partial charge in [-0.2, -0.15) is 0 Å². The van der Waals surface area contributed by atoms with Gasteiger partial charge in [0, 0.05) is 5.57 Å². The van der Waals surface area contributed by atoms with E-state index < -0.39 is 0 Å². The van der Waals surface area contributed by atoms with Crippen molar-refractivity contribution >= 4 is 22.7 Å². The Labute approximate surface area is 129 Å². The molecule has 2 heteroatoms. The number of ketones is 2. The van der Waals surface area contributed by atoms with E-state index in [1.807, 2.05) is 60.7 Å². The zero-order valence-electron chi connectivity index (χ0n) is 12.6. The van der Waals surface area contributed by atoms with Crippen molar-refractivity contribution in [3.8, 4) is 0 Å². The molecule has 2 nitrogen and oxygen atoms in total. The fourth-order valence-electron chi connectivity index (χ4n) is 2.82. The molecular formula is C20H16O2. The molecule has 108 valence electrons. The lowest BCUT2D eigenvalue weighted by atomic mass is 10.0. The number of carbonyl (C=O) groups is 2. The van der Waals surface area contributed by atoms with Gasteiger partial charge in [0.15, 0.2) is 11.6 Å². The van der Waals surface area contributed by atoms with Gasteiger partial charge in [0.05, 0.1) is 5.57 Å². The third-order valence-corrected chi connectivity index (χ3v) is 3.77. The fraction of sp³-hybridized carbons (Fsp3) is 0.100. The number of carbonyl (C=O) groups excluding carboxylic acids is 2. The van der Waals surface area contributed by atoms with Crippen molar-refractivity contribution in [1.82, 2.24) is 0 Å². The Hall–Kier alpha value is -2.74. The Morgan fingerprint density at radius 2 is 1.00 bits per heavy atom. The largest absolute Gasteiger partial charge is 0.294 e. The number of allylic oxidation sites excluding steroid dienone is 4. The van der Waals surface area contributed by atoms with E-state index in [1.54, 1.807) is 0 Å². The van der Waals surface area contributed by atoms with Gasteiger partial charge in [-0.3, -0.25) is 9.59 Å². The average Bonchev–Trinajstić information content (AvgIpc) is 3.23. The van der Waals surface area contributed by atoms with E-state index in [4.69, 9.17) is 0 Å². The van der Waals surface area contributed by atoms with Gasteiger partial charge in [0.25, 0.3) is 0 Å². The van der Waals surface area contributed by atoms with Crippen LogP contribution in [0.15, 0.2) is 71.8 Å². The molecule has 0 fully saturated rings. The molecule has 0 amide bonds. The summed E-state index contributed by atoms with van der Waals surface area (Å²) in [6.45, 7) is 2.90. The SMILES string of the molecule is CC(=O)C(C(C)=O)=C1C(c2ccccc2)=C1c1ccccc1. The lowest BCUT2D eigenvalue weighted by Gasteiger charge is -1.99. The van der Waals surface area contributed by atoms with Crippen LogP contribution in [0.1, 0.15) is 25.0 Å². The third kappa shape index (κ3) is 2.44. The summed E-state index contributed by atoms with van der Waals surface area (Å²) in [5.41, 5.74) is 5.20. The van der Waals surface area contributed by atoms with Gasteiger partial charge in [-0.25, -0.2) is 0 Å². The quantitative estimate of drug-likeness (QED) is 0.482. The minimum Gasteiger partial charge on any atom is -0.294 e. The highest BCUT2D eigenvalue weighted by Gasteiger charge is 2.37. The summed E-state index contributed by atoms with van der Waals surface area (Å²) in [5, 5.41) is 0. The molecule has 0 atom stereocenters. The molecule has 2 aromatic carbocycles. The molecule has 0 N–H and O–H groups in total. The molecule has 1 aliphatic carbocycles. The summed E-state index contributed by atoms with van der Waals surface area (Å²) in [6.07, 6.45) is 0. The summed E-state index contributed by atoms with van der Waals surface area (Å²) in [5.74, 6) is -0.358. The molecule has 0 aromatic heterocycles. The molecule has 0 saturated carbocycles. The molecule has 0 spiro atoms. The van der Waals surface area contributed by atoms with Crippen LogP contribution in [0, 0.1) is 0 Å². The summed E-state index contributed by atoms with van der Waals surface area (Å²) in [6, 6.07) is 19.8. The van der Waals surface area contributed by atoms with Crippen LogP contribution in [0.2, 0.25) is 0 Å². The maximum absolute atomic E-state index is 11.9. The molecule has 1 aliphatic rings. The zero-order valence-corrected chi connectivity index (χ0v) is 12.6. The maximum atomic E-state index is 11.9. The van der Waals surface area contributed by atoms with Crippen LogP contribution in [0.3, 0.4) is 0 Å². The molecule has 22 heavy (non-hydrogen) atoms. The van der Waals surface area contributed by atoms with Crippen molar-refractivity contribution in [3.05, 3.63) is 82.9 Å². The molecule has 3 rings (SSSR count). The number of Topliss-reactive ketones (excluding diaryl/α,β-unsaturated/α-hetero) is 2. The van der Waals surface area contributed by atoms with Crippen molar-refractivity contribution in [2.75, 3.05) is 0 Å². The first-order chi connectivity index (χ1) is 10.6.